The molecule has 1 heterocycles. The smallest absolute Gasteiger partial charge is 0.267 e. The van der Waals surface area contributed by atoms with E-state index in [2.05, 4.69) is 37.1 Å². The Bertz CT molecular complexity index is 1360. The van der Waals surface area contributed by atoms with Gasteiger partial charge in [0.2, 0.25) is 0 Å². The van der Waals surface area contributed by atoms with Gasteiger partial charge in [-0.3, -0.25) is 13.4 Å². The molecule has 39 heavy (non-hydrogen) atoms. The maximum atomic E-state index is 12.2. The Morgan fingerprint density at radius 1 is 0.923 bits per heavy atom. The number of quaternary nitrogens is 1. The monoisotopic (exact) mass is 585 g/mol. The Morgan fingerprint density at radius 2 is 1.56 bits per heavy atom. The largest absolute Gasteiger partial charge is 0.493 e. The van der Waals surface area contributed by atoms with Gasteiger partial charge in [0.25, 0.3) is 20.2 Å². The van der Waals surface area contributed by atoms with E-state index in [1.807, 2.05) is 42.6 Å². The minimum Gasteiger partial charge on any atom is -0.493 e. The van der Waals surface area contributed by atoms with E-state index in [9.17, 15) is 16.8 Å². The van der Waals surface area contributed by atoms with Gasteiger partial charge in [-0.05, 0) is 50.1 Å². The summed E-state index contributed by atoms with van der Waals surface area (Å²) in [5.41, 5.74) is 0.941. The first-order valence-corrected chi connectivity index (χ1v) is 16.5. The van der Waals surface area contributed by atoms with Gasteiger partial charge in [0.05, 0.1) is 51.1 Å². The van der Waals surface area contributed by atoms with E-state index >= 15 is 0 Å². The molecule has 0 unspecified atom stereocenters. The van der Waals surface area contributed by atoms with Gasteiger partial charge >= 0.3 is 0 Å². The van der Waals surface area contributed by atoms with Crippen LogP contribution in [0.25, 0.3) is 10.8 Å². The number of aryl methyl sites for hydroxylation is 1. The van der Waals surface area contributed by atoms with Gasteiger partial charge in [0.1, 0.15) is 18.0 Å². The van der Waals surface area contributed by atoms with Gasteiger partial charge in [-0.25, -0.2) is 0 Å². The van der Waals surface area contributed by atoms with Gasteiger partial charge in [0.15, 0.2) is 0 Å². The Kier molecular flexibility index (Phi) is 12.8. The van der Waals surface area contributed by atoms with Crippen LogP contribution in [-0.2, 0) is 37.5 Å². The lowest BCUT2D eigenvalue weighted by Gasteiger charge is -2.34. The van der Waals surface area contributed by atoms with Gasteiger partial charge in [0, 0.05) is 13.0 Å². The first kappa shape index (κ1) is 32.6. The van der Waals surface area contributed by atoms with E-state index in [1.54, 1.807) is 4.68 Å². The van der Waals surface area contributed by atoms with Crippen molar-refractivity contribution in [2.45, 2.75) is 46.7 Å². The number of hydrogen-bond acceptors (Lipinski definition) is 8. The number of fused-ring (bicyclic) bond motifs is 1. The second-order valence-corrected chi connectivity index (χ2v) is 12.5. The Labute approximate surface area is 232 Å². The molecule has 1 aromatic heterocycles. The maximum absolute atomic E-state index is 12.2. The minimum atomic E-state index is -3.67. The first-order chi connectivity index (χ1) is 18.4. The van der Waals surface area contributed by atoms with Gasteiger partial charge in [-0.15, -0.1) is 5.10 Å². The molecule has 0 amide bonds. The van der Waals surface area contributed by atoms with Crippen molar-refractivity contribution < 1.29 is 34.8 Å². The summed E-state index contributed by atoms with van der Waals surface area (Å²) in [4.78, 5) is 0. The molecule has 3 aromatic rings. The number of ether oxygens (including phenoxy) is 1. The van der Waals surface area contributed by atoms with Crippen molar-refractivity contribution in [1.29, 1.82) is 0 Å². The number of benzene rings is 2. The molecule has 0 saturated carbocycles. The zero-order valence-electron chi connectivity index (χ0n) is 23.2. The molecule has 218 valence electrons. The van der Waals surface area contributed by atoms with Crippen molar-refractivity contribution in [2.75, 3.05) is 44.9 Å². The Balaban J connectivity index is 0.000000976. The minimum absolute atomic E-state index is 0.0490. The molecule has 13 heteroatoms. The predicted octanol–water partition coefficient (Wildman–Crippen LogP) is 3.52. The lowest BCUT2D eigenvalue weighted by molar-refractivity contribution is -0.936. The van der Waals surface area contributed by atoms with Crippen LogP contribution in [0.5, 0.6) is 5.75 Å². The van der Waals surface area contributed by atoms with Crippen LogP contribution in [0.4, 0.5) is 0 Å². The molecule has 0 fully saturated rings. The molecular weight excluding hydrogens is 544 g/mol. The highest BCUT2D eigenvalue weighted by atomic mass is 32.2. The van der Waals surface area contributed by atoms with Crippen molar-refractivity contribution >= 4 is 31.0 Å². The molecule has 0 bridgehead atoms. The molecule has 3 rings (SSSR count). The lowest BCUT2D eigenvalue weighted by atomic mass is 10.1. The summed E-state index contributed by atoms with van der Waals surface area (Å²) in [6.07, 6.45) is 3.55. The SMILES string of the molecule is CC[N+](CC)(CC)Cc1cn(CCCS(=O)(=O)OCCCOc2ccc3ccccc3c2)nn1.CS(=O)(=O)O. The van der Waals surface area contributed by atoms with Crippen LogP contribution in [0.1, 0.15) is 39.3 Å². The standard InChI is InChI=1S/C25H37N4O4S.CH4O3S/c1-4-29(5-2,6-3)21-24-20-28(27-26-24)15-9-18-34(30,31)33-17-10-16-32-25-14-13-22-11-7-8-12-23(22)19-25;1-5(2,3)4/h7-8,11-14,19-20H,4-6,9-10,15-18,21H2,1-3H3;1H3,(H,2,3,4)/q+1;. The zero-order valence-corrected chi connectivity index (χ0v) is 24.8. The summed E-state index contributed by atoms with van der Waals surface area (Å²) in [6, 6.07) is 14.0. The summed E-state index contributed by atoms with van der Waals surface area (Å²) >= 11 is 0. The summed E-state index contributed by atoms with van der Waals surface area (Å²) in [7, 11) is -7.25. The van der Waals surface area contributed by atoms with E-state index < -0.39 is 20.2 Å². The van der Waals surface area contributed by atoms with Crippen LogP contribution in [0.3, 0.4) is 0 Å². The molecule has 0 aliphatic carbocycles. The van der Waals surface area contributed by atoms with Crippen LogP contribution in [0, 0.1) is 0 Å². The molecule has 0 radical (unpaired) electrons. The molecule has 0 aliphatic rings. The third-order valence-electron chi connectivity index (χ3n) is 6.42. The average Bonchev–Trinajstić information content (AvgIpc) is 3.32. The number of rotatable bonds is 15. The number of aromatic nitrogens is 3. The van der Waals surface area contributed by atoms with Crippen LogP contribution < -0.4 is 4.74 Å². The number of nitrogens with zero attached hydrogens (tertiary/aromatic N) is 4. The van der Waals surface area contributed by atoms with Crippen LogP contribution in [-0.4, -0.2) is 85.7 Å². The lowest BCUT2D eigenvalue weighted by Crippen LogP contribution is -2.46. The molecule has 0 spiro atoms. The van der Waals surface area contributed by atoms with Crippen molar-refractivity contribution in [3.8, 4) is 5.75 Å². The predicted molar refractivity (Wildman–Crippen MR) is 151 cm³/mol. The summed E-state index contributed by atoms with van der Waals surface area (Å²) in [5, 5.41) is 10.7. The highest BCUT2D eigenvalue weighted by Crippen LogP contribution is 2.20. The molecule has 11 nitrogen and oxygen atoms in total. The first-order valence-electron chi connectivity index (χ1n) is 13.0. The summed E-state index contributed by atoms with van der Waals surface area (Å²) in [5.74, 6) is 0.716. The second kappa shape index (κ2) is 15.3. The van der Waals surface area contributed by atoms with Crippen LogP contribution in [0.15, 0.2) is 48.7 Å². The molecular formula is C26H41N4O7S2+. The fourth-order valence-electron chi connectivity index (χ4n) is 4.02. The third-order valence-corrected chi connectivity index (χ3v) is 7.73. The van der Waals surface area contributed by atoms with E-state index in [-0.39, 0.29) is 12.4 Å². The van der Waals surface area contributed by atoms with E-state index in [0.717, 1.165) is 52.9 Å². The molecule has 2 aromatic carbocycles. The van der Waals surface area contributed by atoms with Gasteiger partial charge in [-0.2, -0.15) is 16.8 Å². The van der Waals surface area contributed by atoms with Crippen LogP contribution >= 0.6 is 0 Å². The zero-order chi connectivity index (χ0) is 28.9. The summed E-state index contributed by atoms with van der Waals surface area (Å²) in [6.45, 7) is 11.5. The Morgan fingerprint density at radius 3 is 2.21 bits per heavy atom. The molecule has 1 N–H and O–H groups in total. The third kappa shape index (κ3) is 12.4. The number of hydrogen-bond donors (Lipinski definition) is 1. The van der Waals surface area contributed by atoms with Crippen molar-refractivity contribution in [2.24, 2.45) is 0 Å². The van der Waals surface area contributed by atoms with Crippen molar-refractivity contribution in [3.05, 3.63) is 54.4 Å². The second-order valence-electron chi connectivity index (χ2n) is 9.30. The maximum Gasteiger partial charge on any atom is 0.267 e. The summed E-state index contributed by atoms with van der Waals surface area (Å²) < 4.78 is 63.8. The van der Waals surface area contributed by atoms with Crippen LogP contribution in [0.2, 0.25) is 0 Å². The topological polar surface area (TPSA) is 138 Å². The highest BCUT2D eigenvalue weighted by Gasteiger charge is 2.23. The quantitative estimate of drug-likeness (QED) is 0.123. The Hall–Kier alpha value is -2.58. The van der Waals surface area contributed by atoms with E-state index in [1.165, 1.54) is 0 Å². The molecule has 0 saturated heterocycles. The fourth-order valence-corrected chi connectivity index (χ4v) is 5.00. The highest BCUT2D eigenvalue weighted by molar-refractivity contribution is 7.86. The molecule has 0 aliphatic heterocycles. The van der Waals surface area contributed by atoms with Crippen molar-refractivity contribution in [3.63, 3.8) is 0 Å². The normalized spacial score (nSPS) is 12.2. The fraction of sp³-hybridized carbons (Fsp3) is 0.538. The van der Waals surface area contributed by atoms with E-state index in [0.29, 0.717) is 32.2 Å². The van der Waals surface area contributed by atoms with Crippen molar-refractivity contribution in [1.82, 2.24) is 15.0 Å². The van der Waals surface area contributed by atoms with Gasteiger partial charge in [-0.1, -0.05) is 35.5 Å². The van der Waals surface area contributed by atoms with Gasteiger partial charge < -0.3 is 9.22 Å². The molecule has 0 atom stereocenters. The van der Waals surface area contributed by atoms with E-state index in [4.69, 9.17) is 13.5 Å². The average molecular weight is 586 g/mol.